The number of hydrogen-bond acceptors (Lipinski definition) is 6. The van der Waals surface area contributed by atoms with Crippen LogP contribution >= 0.6 is 22.9 Å². The number of nitro groups is 1. The number of ether oxygens (including phenoxy) is 2. The first-order chi connectivity index (χ1) is 12.5. The highest BCUT2D eigenvalue weighted by Crippen LogP contribution is 2.31. The van der Waals surface area contributed by atoms with Crippen LogP contribution < -0.4 is 9.47 Å². The number of non-ortho nitro benzene ring substituents is 1. The molecule has 134 valence electrons. The molecule has 0 aliphatic heterocycles. The third-order valence-electron chi connectivity index (χ3n) is 3.60. The Morgan fingerprint density at radius 3 is 2.65 bits per heavy atom. The van der Waals surface area contributed by atoms with Crippen LogP contribution in [-0.2, 0) is 13.0 Å². The molecule has 0 aliphatic carbocycles. The zero-order chi connectivity index (χ0) is 18.5. The van der Waals surface area contributed by atoms with Crippen LogP contribution in [0.4, 0.5) is 5.69 Å². The molecule has 26 heavy (non-hydrogen) atoms. The SMILES string of the molecule is COc1cc([N+](=O)[O-])ccc1OCc1csc(Cc2ccc(Cl)cc2)n1. The molecule has 0 saturated carbocycles. The van der Waals surface area contributed by atoms with E-state index in [9.17, 15) is 10.1 Å². The molecule has 0 unspecified atom stereocenters. The van der Waals surface area contributed by atoms with Gasteiger partial charge in [-0.1, -0.05) is 23.7 Å². The lowest BCUT2D eigenvalue weighted by Crippen LogP contribution is -1.99. The summed E-state index contributed by atoms with van der Waals surface area (Å²) in [5.41, 5.74) is 1.88. The maximum atomic E-state index is 10.8. The molecule has 0 aliphatic rings. The molecule has 3 rings (SSSR count). The molecule has 0 saturated heterocycles. The number of thiazole rings is 1. The van der Waals surface area contributed by atoms with E-state index in [1.54, 1.807) is 11.3 Å². The van der Waals surface area contributed by atoms with Crippen LogP contribution in [0.3, 0.4) is 0 Å². The molecule has 0 bridgehead atoms. The number of methoxy groups -OCH3 is 1. The van der Waals surface area contributed by atoms with Crippen LogP contribution in [0, 0.1) is 10.1 Å². The van der Waals surface area contributed by atoms with Gasteiger partial charge < -0.3 is 9.47 Å². The highest BCUT2D eigenvalue weighted by Gasteiger charge is 2.13. The standard InChI is InChI=1S/C18H15ClN2O4S/c1-24-17-9-15(21(22)23)6-7-16(17)25-10-14-11-26-18(20-14)8-12-2-4-13(19)5-3-12/h2-7,9,11H,8,10H2,1H3. The first kappa shape index (κ1) is 18.2. The minimum Gasteiger partial charge on any atom is -0.493 e. The van der Waals surface area contributed by atoms with E-state index in [2.05, 4.69) is 4.98 Å². The first-order valence-corrected chi connectivity index (χ1v) is 8.94. The van der Waals surface area contributed by atoms with Crippen molar-refractivity contribution < 1.29 is 14.4 Å². The Labute approximate surface area is 159 Å². The Kier molecular flexibility index (Phi) is 5.70. The monoisotopic (exact) mass is 390 g/mol. The van der Waals surface area contributed by atoms with Crippen molar-refractivity contribution in [2.24, 2.45) is 0 Å². The van der Waals surface area contributed by atoms with Crippen LogP contribution in [0.1, 0.15) is 16.3 Å². The van der Waals surface area contributed by atoms with E-state index in [0.29, 0.717) is 16.5 Å². The number of benzene rings is 2. The Morgan fingerprint density at radius 2 is 1.96 bits per heavy atom. The lowest BCUT2D eigenvalue weighted by Gasteiger charge is -2.09. The van der Waals surface area contributed by atoms with E-state index in [4.69, 9.17) is 21.1 Å². The smallest absolute Gasteiger partial charge is 0.273 e. The van der Waals surface area contributed by atoms with Crippen molar-refractivity contribution in [2.45, 2.75) is 13.0 Å². The van der Waals surface area contributed by atoms with Gasteiger partial charge in [0, 0.05) is 22.9 Å². The average molecular weight is 391 g/mol. The molecular formula is C18H15ClN2O4S. The largest absolute Gasteiger partial charge is 0.493 e. The second-order valence-electron chi connectivity index (χ2n) is 5.42. The van der Waals surface area contributed by atoms with Crippen molar-refractivity contribution in [2.75, 3.05) is 7.11 Å². The topological polar surface area (TPSA) is 74.5 Å². The van der Waals surface area contributed by atoms with Gasteiger partial charge >= 0.3 is 0 Å². The molecule has 3 aromatic rings. The van der Waals surface area contributed by atoms with E-state index in [1.165, 1.54) is 25.3 Å². The molecule has 0 spiro atoms. The predicted molar refractivity (Wildman–Crippen MR) is 100 cm³/mol. The van der Waals surface area contributed by atoms with Crippen LogP contribution in [0.5, 0.6) is 11.5 Å². The molecule has 1 heterocycles. The molecule has 2 aromatic carbocycles. The fourth-order valence-corrected chi connectivity index (χ4v) is 3.25. The summed E-state index contributed by atoms with van der Waals surface area (Å²) in [6, 6.07) is 11.9. The van der Waals surface area contributed by atoms with Gasteiger partial charge in [0.05, 0.1) is 28.8 Å². The molecule has 0 N–H and O–H groups in total. The van der Waals surface area contributed by atoms with Crippen LogP contribution in [-0.4, -0.2) is 17.0 Å². The van der Waals surface area contributed by atoms with Gasteiger partial charge in [-0.3, -0.25) is 10.1 Å². The number of rotatable bonds is 7. The number of nitrogens with zero attached hydrogens (tertiary/aromatic N) is 2. The summed E-state index contributed by atoms with van der Waals surface area (Å²) in [4.78, 5) is 14.9. The summed E-state index contributed by atoms with van der Waals surface area (Å²) < 4.78 is 10.9. The molecule has 8 heteroatoms. The Morgan fingerprint density at radius 1 is 1.19 bits per heavy atom. The third-order valence-corrected chi connectivity index (χ3v) is 4.75. The minimum absolute atomic E-state index is 0.0480. The van der Waals surface area contributed by atoms with Gasteiger partial charge in [0.2, 0.25) is 0 Å². The van der Waals surface area contributed by atoms with Gasteiger partial charge in [-0.05, 0) is 23.8 Å². The number of nitro benzene ring substituents is 1. The van der Waals surface area contributed by atoms with Crippen molar-refractivity contribution >= 4 is 28.6 Å². The van der Waals surface area contributed by atoms with Crippen molar-refractivity contribution in [1.82, 2.24) is 4.98 Å². The van der Waals surface area contributed by atoms with Crippen molar-refractivity contribution in [1.29, 1.82) is 0 Å². The van der Waals surface area contributed by atoms with Gasteiger partial charge in [0.15, 0.2) is 11.5 Å². The van der Waals surface area contributed by atoms with E-state index in [1.807, 2.05) is 29.6 Å². The molecule has 6 nitrogen and oxygen atoms in total. The second-order valence-corrected chi connectivity index (χ2v) is 6.80. The van der Waals surface area contributed by atoms with Gasteiger partial charge in [0.1, 0.15) is 6.61 Å². The molecule has 0 atom stereocenters. The predicted octanol–water partition coefficient (Wildman–Crippen LogP) is 4.88. The number of aromatic nitrogens is 1. The minimum atomic E-state index is -0.476. The molecule has 0 radical (unpaired) electrons. The third kappa shape index (κ3) is 4.50. The number of hydrogen-bond donors (Lipinski definition) is 0. The van der Waals surface area contributed by atoms with Crippen molar-refractivity contribution in [3.05, 3.63) is 79.2 Å². The summed E-state index contributed by atoms with van der Waals surface area (Å²) in [5, 5.41) is 14.4. The molecule has 0 fully saturated rings. The lowest BCUT2D eigenvalue weighted by atomic mass is 10.2. The fraction of sp³-hybridized carbons (Fsp3) is 0.167. The second kappa shape index (κ2) is 8.16. The van der Waals surface area contributed by atoms with Crippen molar-refractivity contribution in [3.8, 4) is 11.5 Å². The zero-order valence-electron chi connectivity index (χ0n) is 13.8. The average Bonchev–Trinajstić information content (AvgIpc) is 3.09. The van der Waals surface area contributed by atoms with Crippen LogP contribution in [0.25, 0.3) is 0 Å². The molecular weight excluding hydrogens is 376 g/mol. The summed E-state index contributed by atoms with van der Waals surface area (Å²) in [6.45, 7) is 0.255. The van der Waals surface area contributed by atoms with Gasteiger partial charge in [-0.25, -0.2) is 4.98 Å². The number of halogens is 1. The summed E-state index contributed by atoms with van der Waals surface area (Å²) in [7, 11) is 1.44. The van der Waals surface area contributed by atoms with Gasteiger partial charge in [0.25, 0.3) is 5.69 Å². The lowest BCUT2D eigenvalue weighted by molar-refractivity contribution is -0.385. The zero-order valence-corrected chi connectivity index (χ0v) is 15.4. The van der Waals surface area contributed by atoms with E-state index < -0.39 is 4.92 Å². The maximum absolute atomic E-state index is 10.8. The Balaban J connectivity index is 1.64. The summed E-state index contributed by atoms with van der Waals surface area (Å²) in [5.74, 6) is 0.751. The van der Waals surface area contributed by atoms with Crippen LogP contribution in [0.15, 0.2) is 47.8 Å². The Bertz CT molecular complexity index is 912. The summed E-state index contributed by atoms with van der Waals surface area (Å²) >= 11 is 7.45. The summed E-state index contributed by atoms with van der Waals surface area (Å²) in [6.07, 6.45) is 0.725. The van der Waals surface area contributed by atoms with Crippen LogP contribution in [0.2, 0.25) is 5.02 Å². The van der Waals surface area contributed by atoms with E-state index >= 15 is 0 Å². The molecule has 1 aromatic heterocycles. The van der Waals surface area contributed by atoms with Crippen molar-refractivity contribution in [3.63, 3.8) is 0 Å². The normalized spacial score (nSPS) is 10.5. The first-order valence-electron chi connectivity index (χ1n) is 7.68. The maximum Gasteiger partial charge on any atom is 0.273 e. The fourth-order valence-electron chi connectivity index (χ4n) is 2.31. The van der Waals surface area contributed by atoms with Gasteiger partial charge in [-0.15, -0.1) is 11.3 Å². The molecule has 0 amide bonds. The Hall–Kier alpha value is -2.64. The highest BCUT2D eigenvalue weighted by molar-refractivity contribution is 7.09. The van der Waals surface area contributed by atoms with E-state index in [0.717, 1.165) is 22.7 Å². The van der Waals surface area contributed by atoms with Gasteiger partial charge in [-0.2, -0.15) is 0 Å². The van der Waals surface area contributed by atoms with E-state index in [-0.39, 0.29) is 12.3 Å². The quantitative estimate of drug-likeness (QED) is 0.424. The highest BCUT2D eigenvalue weighted by atomic mass is 35.5.